The minimum Gasteiger partial charge on any atom is -0.329 e. The minimum atomic E-state index is -0.361. The van der Waals surface area contributed by atoms with Crippen molar-refractivity contribution in [2.24, 2.45) is 5.73 Å². The third-order valence-electron chi connectivity index (χ3n) is 4.06. The number of nitrogens with zero attached hydrogens (tertiary/aromatic N) is 1. The molecule has 2 nitrogen and oxygen atoms in total. The van der Waals surface area contributed by atoms with Crippen molar-refractivity contribution in [1.29, 1.82) is 0 Å². The largest absolute Gasteiger partial charge is 0.329 e. The van der Waals surface area contributed by atoms with E-state index >= 15 is 0 Å². The van der Waals surface area contributed by atoms with Crippen molar-refractivity contribution < 1.29 is 4.39 Å². The van der Waals surface area contributed by atoms with Gasteiger partial charge in [0.05, 0.1) is 5.02 Å². The van der Waals surface area contributed by atoms with E-state index in [1.54, 1.807) is 6.07 Å². The van der Waals surface area contributed by atoms with Gasteiger partial charge in [0.1, 0.15) is 5.82 Å². The summed E-state index contributed by atoms with van der Waals surface area (Å²) in [5.41, 5.74) is 6.87. The number of benzene rings is 1. The predicted octanol–water partition coefficient (Wildman–Crippen LogP) is 3.74. The standard InChI is InChI=1S/C15H22ClFN2/c1-11-5-3-2-4-8-19(11)15(10-18)12-6-7-13(16)14(17)9-12/h6-7,9,11,15H,2-5,8,10,18H2,1H3. The molecule has 0 aliphatic carbocycles. The van der Waals surface area contributed by atoms with Gasteiger partial charge in [-0.2, -0.15) is 0 Å². The summed E-state index contributed by atoms with van der Waals surface area (Å²) in [6, 6.07) is 5.62. The van der Waals surface area contributed by atoms with Gasteiger partial charge < -0.3 is 5.73 Å². The average molecular weight is 285 g/mol. The second-order valence-corrected chi connectivity index (χ2v) is 5.77. The first kappa shape index (κ1) is 14.8. The lowest BCUT2D eigenvalue weighted by Gasteiger charge is -2.35. The Morgan fingerprint density at radius 2 is 2.21 bits per heavy atom. The van der Waals surface area contributed by atoms with E-state index in [9.17, 15) is 4.39 Å². The van der Waals surface area contributed by atoms with Gasteiger partial charge in [-0.3, -0.25) is 4.90 Å². The molecule has 0 spiro atoms. The van der Waals surface area contributed by atoms with Crippen molar-refractivity contribution >= 4 is 11.6 Å². The molecule has 1 fully saturated rings. The first-order valence-electron chi connectivity index (χ1n) is 7.04. The summed E-state index contributed by atoms with van der Waals surface area (Å²) < 4.78 is 13.6. The maximum absolute atomic E-state index is 13.6. The molecule has 19 heavy (non-hydrogen) atoms. The Balaban J connectivity index is 2.24. The van der Waals surface area contributed by atoms with E-state index in [0.717, 1.165) is 12.1 Å². The van der Waals surface area contributed by atoms with Crippen LogP contribution in [0.3, 0.4) is 0 Å². The van der Waals surface area contributed by atoms with Gasteiger partial charge >= 0.3 is 0 Å². The molecular formula is C15H22ClFN2. The molecule has 1 aliphatic heterocycles. The number of hydrogen-bond acceptors (Lipinski definition) is 2. The van der Waals surface area contributed by atoms with Gasteiger partial charge in [-0.25, -0.2) is 4.39 Å². The topological polar surface area (TPSA) is 29.3 Å². The number of halogens is 2. The fraction of sp³-hybridized carbons (Fsp3) is 0.600. The molecule has 2 N–H and O–H groups in total. The van der Waals surface area contributed by atoms with E-state index in [2.05, 4.69) is 11.8 Å². The molecular weight excluding hydrogens is 263 g/mol. The van der Waals surface area contributed by atoms with E-state index in [-0.39, 0.29) is 16.9 Å². The lowest BCUT2D eigenvalue weighted by atomic mass is 10.0. The van der Waals surface area contributed by atoms with E-state index in [1.165, 1.54) is 31.7 Å². The molecule has 2 unspecified atom stereocenters. The second kappa shape index (κ2) is 6.69. The quantitative estimate of drug-likeness (QED) is 0.916. The summed E-state index contributed by atoms with van der Waals surface area (Å²) in [6.45, 7) is 3.78. The lowest BCUT2D eigenvalue weighted by molar-refractivity contribution is 0.150. The smallest absolute Gasteiger partial charge is 0.142 e. The summed E-state index contributed by atoms with van der Waals surface area (Å²) in [7, 11) is 0. The van der Waals surface area contributed by atoms with Crippen molar-refractivity contribution in [3.05, 3.63) is 34.6 Å². The molecule has 0 radical (unpaired) electrons. The number of nitrogens with two attached hydrogens (primary N) is 1. The van der Waals surface area contributed by atoms with Gasteiger partial charge in [0, 0.05) is 18.6 Å². The Morgan fingerprint density at radius 3 is 2.89 bits per heavy atom. The zero-order valence-electron chi connectivity index (χ0n) is 11.4. The Morgan fingerprint density at radius 1 is 1.42 bits per heavy atom. The molecule has 106 valence electrons. The van der Waals surface area contributed by atoms with Crippen LogP contribution in [-0.2, 0) is 0 Å². The van der Waals surface area contributed by atoms with Crippen molar-refractivity contribution in [1.82, 2.24) is 4.90 Å². The molecule has 0 aromatic heterocycles. The molecule has 2 rings (SSSR count). The summed E-state index contributed by atoms with van der Waals surface area (Å²) in [5, 5.41) is 0.170. The Bertz CT molecular complexity index is 425. The SMILES string of the molecule is CC1CCCCCN1C(CN)c1ccc(Cl)c(F)c1. The maximum atomic E-state index is 13.6. The van der Waals surface area contributed by atoms with Gasteiger partial charge in [-0.15, -0.1) is 0 Å². The van der Waals surface area contributed by atoms with Gasteiger partial charge in [-0.1, -0.05) is 30.5 Å². The number of hydrogen-bond donors (Lipinski definition) is 1. The fourth-order valence-corrected chi connectivity index (χ4v) is 3.06. The van der Waals surface area contributed by atoms with Crippen LogP contribution < -0.4 is 5.73 Å². The highest BCUT2D eigenvalue weighted by Gasteiger charge is 2.25. The van der Waals surface area contributed by atoms with Crippen LogP contribution in [0.5, 0.6) is 0 Å². The maximum Gasteiger partial charge on any atom is 0.142 e. The first-order valence-corrected chi connectivity index (χ1v) is 7.42. The van der Waals surface area contributed by atoms with Crippen molar-refractivity contribution in [3.63, 3.8) is 0 Å². The summed E-state index contributed by atoms with van der Waals surface area (Å²) in [6.07, 6.45) is 4.92. The zero-order chi connectivity index (χ0) is 13.8. The fourth-order valence-electron chi connectivity index (χ4n) is 2.94. The molecule has 0 saturated carbocycles. The summed E-state index contributed by atoms with van der Waals surface area (Å²) in [5.74, 6) is -0.361. The normalized spacial score (nSPS) is 23.1. The molecule has 0 bridgehead atoms. The van der Waals surface area contributed by atoms with Crippen LogP contribution in [0.2, 0.25) is 5.02 Å². The molecule has 4 heteroatoms. The van der Waals surface area contributed by atoms with E-state index < -0.39 is 0 Å². The summed E-state index contributed by atoms with van der Waals surface area (Å²) in [4.78, 5) is 2.41. The van der Waals surface area contributed by atoms with E-state index in [1.807, 2.05) is 6.07 Å². The van der Waals surface area contributed by atoms with E-state index in [4.69, 9.17) is 17.3 Å². The second-order valence-electron chi connectivity index (χ2n) is 5.36. The van der Waals surface area contributed by atoms with Gasteiger partial charge in [-0.05, 0) is 44.0 Å². The van der Waals surface area contributed by atoms with Gasteiger partial charge in [0.25, 0.3) is 0 Å². The van der Waals surface area contributed by atoms with Gasteiger partial charge in [0.15, 0.2) is 0 Å². The number of rotatable bonds is 3. The molecule has 2 atom stereocenters. The third-order valence-corrected chi connectivity index (χ3v) is 4.36. The Kier molecular flexibility index (Phi) is 5.20. The van der Waals surface area contributed by atoms with Crippen molar-refractivity contribution in [2.75, 3.05) is 13.1 Å². The van der Waals surface area contributed by atoms with Crippen LogP contribution in [0.25, 0.3) is 0 Å². The van der Waals surface area contributed by atoms with Crippen molar-refractivity contribution in [3.8, 4) is 0 Å². The Hall–Kier alpha value is -0.640. The minimum absolute atomic E-state index is 0.0832. The van der Waals surface area contributed by atoms with Crippen LogP contribution in [-0.4, -0.2) is 24.0 Å². The zero-order valence-corrected chi connectivity index (χ0v) is 12.2. The highest BCUT2D eigenvalue weighted by molar-refractivity contribution is 6.30. The molecule has 1 aromatic carbocycles. The highest BCUT2D eigenvalue weighted by Crippen LogP contribution is 2.29. The molecule has 1 aromatic rings. The van der Waals surface area contributed by atoms with Gasteiger partial charge in [0.2, 0.25) is 0 Å². The first-order chi connectivity index (χ1) is 9.13. The van der Waals surface area contributed by atoms with Crippen LogP contribution in [0.4, 0.5) is 4.39 Å². The molecule has 1 aliphatic rings. The molecule has 0 amide bonds. The third kappa shape index (κ3) is 3.47. The van der Waals surface area contributed by atoms with Crippen LogP contribution in [0.1, 0.15) is 44.2 Å². The van der Waals surface area contributed by atoms with Crippen LogP contribution >= 0.6 is 11.6 Å². The predicted molar refractivity (Wildman–Crippen MR) is 77.8 cm³/mol. The average Bonchev–Trinajstić information content (AvgIpc) is 2.60. The lowest BCUT2D eigenvalue weighted by Crippen LogP contribution is -2.39. The monoisotopic (exact) mass is 284 g/mol. The van der Waals surface area contributed by atoms with Crippen LogP contribution in [0, 0.1) is 5.82 Å². The highest BCUT2D eigenvalue weighted by atomic mass is 35.5. The van der Waals surface area contributed by atoms with Crippen LogP contribution in [0.15, 0.2) is 18.2 Å². The van der Waals surface area contributed by atoms with E-state index in [0.29, 0.717) is 12.6 Å². The Labute approximate surface area is 119 Å². The van der Waals surface area contributed by atoms with Crippen molar-refractivity contribution in [2.45, 2.75) is 44.7 Å². The molecule has 1 heterocycles. The summed E-state index contributed by atoms with van der Waals surface area (Å²) >= 11 is 5.75. The molecule has 1 saturated heterocycles. The number of likely N-dealkylation sites (tertiary alicyclic amines) is 1.